The Hall–Kier alpha value is -1.02. The molecule has 1 aliphatic carbocycles. The van der Waals surface area contributed by atoms with Gasteiger partial charge in [-0.25, -0.2) is 4.98 Å². The Balaban J connectivity index is 2.09. The van der Waals surface area contributed by atoms with Gasteiger partial charge in [-0.15, -0.1) is 11.6 Å². The number of fused-ring (bicyclic) bond motifs is 1. The van der Waals surface area contributed by atoms with E-state index in [1.165, 1.54) is 30.3 Å². The molecule has 0 saturated heterocycles. The predicted molar refractivity (Wildman–Crippen MR) is 76.1 cm³/mol. The van der Waals surface area contributed by atoms with Crippen LogP contribution in [0.5, 0.6) is 0 Å². The number of para-hydroxylation sites is 1. The SMILES string of the molecule is Cc1cccc2c1nc(CCl)n2C(C)CC1CC1. The average molecular weight is 263 g/mol. The third-order valence-corrected chi connectivity index (χ3v) is 4.17. The number of hydrogen-bond acceptors (Lipinski definition) is 1. The Morgan fingerprint density at radius 1 is 1.44 bits per heavy atom. The minimum atomic E-state index is 0.489. The zero-order valence-electron chi connectivity index (χ0n) is 11.0. The summed E-state index contributed by atoms with van der Waals surface area (Å²) in [6.45, 7) is 4.40. The van der Waals surface area contributed by atoms with E-state index in [1.807, 2.05) is 0 Å². The molecule has 2 nitrogen and oxygen atoms in total. The normalized spacial score (nSPS) is 17.3. The maximum atomic E-state index is 6.07. The molecule has 0 amide bonds. The van der Waals surface area contributed by atoms with Crippen LogP contribution < -0.4 is 0 Å². The van der Waals surface area contributed by atoms with Gasteiger partial charge in [0.2, 0.25) is 0 Å². The number of imidazole rings is 1. The third-order valence-electron chi connectivity index (χ3n) is 3.93. The number of aromatic nitrogens is 2. The summed E-state index contributed by atoms with van der Waals surface area (Å²) in [5.74, 6) is 2.42. The van der Waals surface area contributed by atoms with Crippen LogP contribution in [0.4, 0.5) is 0 Å². The van der Waals surface area contributed by atoms with Crippen molar-refractivity contribution >= 4 is 22.6 Å². The van der Waals surface area contributed by atoms with E-state index in [2.05, 4.69) is 36.6 Å². The second-order valence-corrected chi connectivity index (χ2v) is 5.77. The minimum Gasteiger partial charge on any atom is -0.324 e. The molecular formula is C15H19ClN2. The molecule has 96 valence electrons. The number of halogens is 1. The summed E-state index contributed by atoms with van der Waals surface area (Å²) in [6, 6.07) is 6.88. The monoisotopic (exact) mass is 262 g/mol. The fraction of sp³-hybridized carbons (Fsp3) is 0.533. The molecule has 3 rings (SSSR count). The zero-order chi connectivity index (χ0) is 12.7. The van der Waals surface area contributed by atoms with Crippen molar-refractivity contribution in [3.8, 4) is 0 Å². The summed E-state index contributed by atoms with van der Waals surface area (Å²) in [5.41, 5.74) is 3.57. The number of hydrogen-bond donors (Lipinski definition) is 0. The Labute approximate surface area is 113 Å². The molecule has 3 heteroatoms. The molecule has 1 aromatic carbocycles. The maximum Gasteiger partial charge on any atom is 0.125 e. The number of benzene rings is 1. The molecule has 1 saturated carbocycles. The fourth-order valence-electron chi connectivity index (χ4n) is 2.83. The van der Waals surface area contributed by atoms with Crippen LogP contribution in [0.1, 0.15) is 43.6 Å². The van der Waals surface area contributed by atoms with Crippen molar-refractivity contribution in [3.05, 3.63) is 29.6 Å². The maximum absolute atomic E-state index is 6.07. The number of aryl methyl sites for hydroxylation is 1. The molecule has 18 heavy (non-hydrogen) atoms. The topological polar surface area (TPSA) is 17.8 Å². The van der Waals surface area contributed by atoms with Crippen LogP contribution in [0.2, 0.25) is 0 Å². The first-order valence-corrected chi connectivity index (χ1v) is 7.26. The van der Waals surface area contributed by atoms with Gasteiger partial charge in [0.25, 0.3) is 0 Å². The van der Waals surface area contributed by atoms with E-state index >= 15 is 0 Å². The minimum absolute atomic E-state index is 0.489. The van der Waals surface area contributed by atoms with Gasteiger partial charge in [0.15, 0.2) is 0 Å². The first-order valence-electron chi connectivity index (χ1n) is 6.73. The summed E-state index contributed by atoms with van der Waals surface area (Å²) in [4.78, 5) is 4.71. The van der Waals surface area contributed by atoms with Gasteiger partial charge in [-0.2, -0.15) is 0 Å². The lowest BCUT2D eigenvalue weighted by molar-refractivity contribution is 0.477. The highest BCUT2D eigenvalue weighted by Crippen LogP contribution is 2.38. The second kappa shape index (κ2) is 4.58. The Morgan fingerprint density at radius 2 is 2.22 bits per heavy atom. The van der Waals surface area contributed by atoms with Gasteiger partial charge in [0, 0.05) is 6.04 Å². The van der Waals surface area contributed by atoms with E-state index in [1.54, 1.807) is 0 Å². The average Bonchev–Trinajstić information content (AvgIpc) is 3.07. The van der Waals surface area contributed by atoms with Gasteiger partial charge in [0.05, 0.1) is 16.9 Å². The molecule has 1 heterocycles. The molecule has 1 atom stereocenters. The van der Waals surface area contributed by atoms with Crippen LogP contribution in [0.25, 0.3) is 11.0 Å². The van der Waals surface area contributed by atoms with E-state index in [0.29, 0.717) is 11.9 Å². The van der Waals surface area contributed by atoms with Crippen LogP contribution in [0.15, 0.2) is 18.2 Å². The predicted octanol–water partition coefficient (Wildman–Crippen LogP) is 4.44. The number of alkyl halides is 1. The quantitative estimate of drug-likeness (QED) is 0.745. The molecule has 0 spiro atoms. The lowest BCUT2D eigenvalue weighted by atomic mass is 10.1. The van der Waals surface area contributed by atoms with E-state index in [9.17, 15) is 0 Å². The van der Waals surface area contributed by atoms with Crippen LogP contribution in [0, 0.1) is 12.8 Å². The van der Waals surface area contributed by atoms with Crippen molar-refractivity contribution in [3.63, 3.8) is 0 Å². The summed E-state index contributed by atoms with van der Waals surface area (Å²) in [7, 11) is 0. The van der Waals surface area contributed by atoms with Crippen molar-refractivity contribution in [2.24, 2.45) is 5.92 Å². The van der Waals surface area contributed by atoms with Gasteiger partial charge in [-0.1, -0.05) is 25.0 Å². The zero-order valence-corrected chi connectivity index (χ0v) is 11.7. The lowest BCUT2D eigenvalue weighted by Crippen LogP contribution is -2.09. The van der Waals surface area contributed by atoms with Gasteiger partial charge in [-0.05, 0) is 37.8 Å². The first-order chi connectivity index (χ1) is 8.70. The van der Waals surface area contributed by atoms with Crippen LogP contribution in [-0.2, 0) is 5.88 Å². The van der Waals surface area contributed by atoms with Crippen molar-refractivity contribution in [1.82, 2.24) is 9.55 Å². The number of nitrogens with zero attached hydrogens (tertiary/aromatic N) is 2. The van der Waals surface area contributed by atoms with Crippen molar-refractivity contribution in [2.75, 3.05) is 0 Å². The van der Waals surface area contributed by atoms with Crippen molar-refractivity contribution in [2.45, 2.75) is 45.0 Å². The molecular weight excluding hydrogens is 244 g/mol. The molecule has 0 bridgehead atoms. The highest BCUT2D eigenvalue weighted by atomic mass is 35.5. The van der Waals surface area contributed by atoms with Crippen LogP contribution >= 0.6 is 11.6 Å². The Bertz CT molecular complexity index is 569. The Morgan fingerprint density at radius 3 is 2.89 bits per heavy atom. The van der Waals surface area contributed by atoms with Crippen molar-refractivity contribution in [1.29, 1.82) is 0 Å². The van der Waals surface area contributed by atoms with Crippen molar-refractivity contribution < 1.29 is 0 Å². The second-order valence-electron chi connectivity index (χ2n) is 5.50. The molecule has 0 N–H and O–H groups in total. The Kier molecular flexibility index (Phi) is 3.06. The van der Waals surface area contributed by atoms with Gasteiger partial charge >= 0.3 is 0 Å². The third kappa shape index (κ3) is 2.03. The standard InChI is InChI=1S/C15H19ClN2/c1-10-4-3-5-13-15(10)17-14(9-16)18(13)11(2)8-12-6-7-12/h3-5,11-12H,6-9H2,1-2H3. The van der Waals surface area contributed by atoms with Crippen LogP contribution in [-0.4, -0.2) is 9.55 Å². The van der Waals surface area contributed by atoms with E-state index < -0.39 is 0 Å². The van der Waals surface area contributed by atoms with Gasteiger partial charge in [0.1, 0.15) is 5.82 Å². The van der Waals surface area contributed by atoms with E-state index in [0.717, 1.165) is 17.3 Å². The van der Waals surface area contributed by atoms with Gasteiger partial charge in [-0.3, -0.25) is 0 Å². The molecule has 1 unspecified atom stereocenters. The molecule has 0 aliphatic heterocycles. The number of rotatable bonds is 4. The van der Waals surface area contributed by atoms with E-state index in [-0.39, 0.29) is 0 Å². The van der Waals surface area contributed by atoms with E-state index in [4.69, 9.17) is 16.6 Å². The molecule has 1 fully saturated rings. The van der Waals surface area contributed by atoms with Crippen LogP contribution in [0.3, 0.4) is 0 Å². The van der Waals surface area contributed by atoms with Gasteiger partial charge < -0.3 is 4.57 Å². The molecule has 1 aliphatic rings. The highest BCUT2D eigenvalue weighted by Gasteiger charge is 2.26. The molecule has 2 aromatic rings. The lowest BCUT2D eigenvalue weighted by Gasteiger charge is -2.16. The highest BCUT2D eigenvalue weighted by molar-refractivity contribution is 6.16. The molecule has 0 radical (unpaired) electrons. The largest absolute Gasteiger partial charge is 0.324 e. The molecule has 1 aromatic heterocycles. The first kappa shape index (κ1) is 12.0. The summed E-state index contributed by atoms with van der Waals surface area (Å²) >= 11 is 6.07. The summed E-state index contributed by atoms with van der Waals surface area (Å²) < 4.78 is 2.34. The smallest absolute Gasteiger partial charge is 0.125 e. The summed E-state index contributed by atoms with van der Waals surface area (Å²) in [5, 5.41) is 0. The fourth-order valence-corrected chi connectivity index (χ4v) is 3.02. The summed E-state index contributed by atoms with van der Waals surface area (Å²) in [6.07, 6.45) is 4.04.